The Labute approximate surface area is 106 Å². The number of benzene rings is 1. The van der Waals surface area contributed by atoms with Gasteiger partial charge >= 0.3 is 0 Å². The molecule has 2 rings (SSSR count). The van der Waals surface area contributed by atoms with Gasteiger partial charge in [-0.25, -0.2) is 0 Å². The van der Waals surface area contributed by atoms with Gasteiger partial charge in [-0.15, -0.1) is 17.0 Å². The maximum Gasteiger partial charge on any atom is 0.157 e. The Hall–Kier alpha value is -0.740. The van der Waals surface area contributed by atoms with E-state index in [1.54, 1.807) is 12.1 Å². The van der Waals surface area contributed by atoms with Crippen LogP contribution in [0.25, 0.3) is 0 Å². The normalized spacial score (nSPS) is 19.1. The Morgan fingerprint density at radius 3 is 2.50 bits per heavy atom. The van der Waals surface area contributed by atoms with E-state index in [1.165, 1.54) is 0 Å². The van der Waals surface area contributed by atoms with Gasteiger partial charge in [0.25, 0.3) is 0 Å². The number of hydrogen-bond donors (Lipinski definition) is 3. The number of hydrogen-bond acceptors (Lipinski definition) is 3. The number of fused-ring (bicyclic) bond motifs is 1. The van der Waals surface area contributed by atoms with E-state index in [4.69, 9.17) is 0 Å². The van der Waals surface area contributed by atoms with E-state index in [-0.39, 0.29) is 34.5 Å². The standard InChI is InChI=1S/C12H17NO2.BrH/c1-7(2)12-9-6-11(15)10(14)5-8(9)3-4-13-12;/h5-7,12-15H,3-4H2,1-2H3;1H. The first-order valence-corrected chi connectivity index (χ1v) is 5.37. The van der Waals surface area contributed by atoms with Crippen LogP contribution in [0.15, 0.2) is 12.1 Å². The fraction of sp³-hybridized carbons (Fsp3) is 0.500. The number of rotatable bonds is 1. The molecule has 0 saturated carbocycles. The van der Waals surface area contributed by atoms with Gasteiger partial charge in [0.05, 0.1) is 0 Å². The Morgan fingerprint density at radius 1 is 1.25 bits per heavy atom. The van der Waals surface area contributed by atoms with Crippen molar-refractivity contribution >= 4 is 17.0 Å². The summed E-state index contributed by atoms with van der Waals surface area (Å²) in [7, 11) is 0. The molecule has 4 heteroatoms. The van der Waals surface area contributed by atoms with E-state index >= 15 is 0 Å². The highest BCUT2D eigenvalue weighted by atomic mass is 79.9. The maximum atomic E-state index is 9.50. The Morgan fingerprint density at radius 2 is 1.88 bits per heavy atom. The monoisotopic (exact) mass is 287 g/mol. The fourth-order valence-electron chi connectivity index (χ4n) is 2.21. The summed E-state index contributed by atoms with van der Waals surface area (Å²) in [6.45, 7) is 5.23. The molecule has 1 aromatic carbocycles. The van der Waals surface area contributed by atoms with Gasteiger partial charge in [-0.3, -0.25) is 0 Å². The molecule has 1 heterocycles. The molecule has 3 nitrogen and oxygen atoms in total. The number of phenolic OH excluding ortho intramolecular Hbond substituents is 2. The van der Waals surface area contributed by atoms with Gasteiger partial charge in [0, 0.05) is 6.04 Å². The lowest BCUT2D eigenvalue weighted by Crippen LogP contribution is -2.32. The van der Waals surface area contributed by atoms with Crippen molar-refractivity contribution < 1.29 is 10.2 Å². The summed E-state index contributed by atoms with van der Waals surface area (Å²) >= 11 is 0. The molecular formula is C12H18BrNO2. The van der Waals surface area contributed by atoms with Gasteiger partial charge in [0.2, 0.25) is 0 Å². The van der Waals surface area contributed by atoms with Crippen molar-refractivity contribution in [3.05, 3.63) is 23.3 Å². The van der Waals surface area contributed by atoms with Crippen LogP contribution >= 0.6 is 17.0 Å². The molecule has 1 aliphatic heterocycles. The summed E-state index contributed by atoms with van der Waals surface area (Å²) in [6.07, 6.45) is 0.909. The largest absolute Gasteiger partial charge is 0.504 e. The third kappa shape index (κ3) is 2.33. The van der Waals surface area contributed by atoms with Crippen LogP contribution in [0.4, 0.5) is 0 Å². The third-order valence-corrected chi connectivity index (χ3v) is 3.00. The number of aromatic hydroxyl groups is 2. The molecule has 0 amide bonds. The molecule has 0 fully saturated rings. The minimum Gasteiger partial charge on any atom is -0.504 e. The lowest BCUT2D eigenvalue weighted by Gasteiger charge is -2.30. The van der Waals surface area contributed by atoms with Gasteiger partial charge in [0.1, 0.15) is 0 Å². The Bertz CT molecular complexity index is 380. The smallest absolute Gasteiger partial charge is 0.157 e. The molecule has 1 aliphatic rings. The van der Waals surface area contributed by atoms with Crippen LogP contribution in [0.3, 0.4) is 0 Å². The third-order valence-electron chi connectivity index (χ3n) is 3.00. The van der Waals surface area contributed by atoms with Gasteiger partial charge in [-0.1, -0.05) is 13.8 Å². The van der Waals surface area contributed by atoms with Gasteiger partial charge in [-0.2, -0.15) is 0 Å². The molecule has 16 heavy (non-hydrogen) atoms. The van der Waals surface area contributed by atoms with Crippen molar-refractivity contribution in [3.63, 3.8) is 0 Å². The van der Waals surface area contributed by atoms with E-state index in [1.807, 2.05) is 0 Å². The topological polar surface area (TPSA) is 52.5 Å². The molecule has 1 aromatic rings. The van der Waals surface area contributed by atoms with Crippen LogP contribution in [0.5, 0.6) is 11.5 Å². The van der Waals surface area contributed by atoms with Crippen LogP contribution in [-0.4, -0.2) is 16.8 Å². The van der Waals surface area contributed by atoms with Crippen molar-refractivity contribution in [2.45, 2.75) is 26.3 Å². The molecule has 0 aliphatic carbocycles. The highest BCUT2D eigenvalue weighted by molar-refractivity contribution is 8.93. The van der Waals surface area contributed by atoms with E-state index < -0.39 is 0 Å². The number of nitrogens with one attached hydrogen (secondary N) is 1. The number of halogens is 1. The first-order valence-electron chi connectivity index (χ1n) is 5.37. The lowest BCUT2D eigenvalue weighted by atomic mass is 9.87. The molecule has 90 valence electrons. The molecule has 0 bridgehead atoms. The first kappa shape index (κ1) is 13.3. The Kier molecular flexibility index (Phi) is 4.21. The van der Waals surface area contributed by atoms with Gasteiger partial charge < -0.3 is 15.5 Å². The molecule has 0 radical (unpaired) electrons. The van der Waals surface area contributed by atoms with E-state index in [2.05, 4.69) is 19.2 Å². The molecule has 0 saturated heterocycles. The molecule has 1 unspecified atom stereocenters. The Balaban J connectivity index is 0.00000128. The molecule has 1 atom stereocenters. The second-order valence-electron chi connectivity index (χ2n) is 4.47. The zero-order valence-electron chi connectivity index (χ0n) is 9.53. The van der Waals surface area contributed by atoms with Crippen molar-refractivity contribution in [2.24, 2.45) is 5.92 Å². The van der Waals surface area contributed by atoms with Crippen LogP contribution in [0.1, 0.15) is 31.0 Å². The molecule has 3 N–H and O–H groups in total. The average Bonchev–Trinajstić information content (AvgIpc) is 2.18. The van der Waals surface area contributed by atoms with Crippen LogP contribution in [-0.2, 0) is 6.42 Å². The predicted molar refractivity (Wildman–Crippen MR) is 69.4 cm³/mol. The lowest BCUT2D eigenvalue weighted by molar-refractivity contribution is 0.378. The highest BCUT2D eigenvalue weighted by Crippen LogP contribution is 2.35. The quantitative estimate of drug-likeness (QED) is 0.696. The fourth-order valence-corrected chi connectivity index (χ4v) is 2.21. The van der Waals surface area contributed by atoms with Crippen molar-refractivity contribution in [2.75, 3.05) is 6.54 Å². The summed E-state index contributed by atoms with van der Waals surface area (Å²) < 4.78 is 0. The second-order valence-corrected chi connectivity index (χ2v) is 4.47. The van der Waals surface area contributed by atoms with Crippen molar-refractivity contribution in [1.29, 1.82) is 0 Å². The minimum atomic E-state index is -0.0249. The average molecular weight is 288 g/mol. The van der Waals surface area contributed by atoms with E-state index in [0.717, 1.165) is 24.1 Å². The summed E-state index contributed by atoms with van der Waals surface area (Å²) in [6, 6.07) is 3.64. The van der Waals surface area contributed by atoms with Crippen LogP contribution < -0.4 is 5.32 Å². The van der Waals surface area contributed by atoms with E-state index in [9.17, 15) is 10.2 Å². The summed E-state index contributed by atoms with van der Waals surface area (Å²) in [5.41, 5.74) is 2.26. The second kappa shape index (κ2) is 5.06. The zero-order valence-corrected chi connectivity index (χ0v) is 11.2. The van der Waals surface area contributed by atoms with Crippen LogP contribution in [0, 0.1) is 5.92 Å². The van der Waals surface area contributed by atoms with Crippen molar-refractivity contribution in [1.82, 2.24) is 5.32 Å². The summed E-state index contributed by atoms with van der Waals surface area (Å²) in [5, 5.41) is 22.4. The minimum absolute atomic E-state index is 0. The number of phenols is 2. The highest BCUT2D eigenvalue weighted by Gasteiger charge is 2.23. The summed E-state index contributed by atoms with van der Waals surface area (Å²) in [4.78, 5) is 0. The SMILES string of the molecule is Br.CC(C)C1NCCc2cc(O)c(O)cc21. The molecular weight excluding hydrogens is 270 g/mol. The van der Waals surface area contributed by atoms with Crippen LogP contribution in [0.2, 0.25) is 0 Å². The summed E-state index contributed by atoms with van der Waals surface area (Å²) in [5.74, 6) is 0.439. The maximum absolute atomic E-state index is 9.50. The first-order chi connectivity index (χ1) is 7.09. The molecule has 0 spiro atoms. The predicted octanol–water partition coefficient (Wildman–Crippen LogP) is 2.52. The van der Waals surface area contributed by atoms with E-state index in [0.29, 0.717) is 5.92 Å². The van der Waals surface area contributed by atoms with Crippen molar-refractivity contribution in [3.8, 4) is 11.5 Å². The van der Waals surface area contributed by atoms with Gasteiger partial charge in [0.15, 0.2) is 11.5 Å². The zero-order chi connectivity index (χ0) is 11.0. The van der Waals surface area contributed by atoms with Gasteiger partial charge in [-0.05, 0) is 42.1 Å². The molecule has 0 aromatic heterocycles.